The van der Waals surface area contributed by atoms with E-state index in [0.717, 1.165) is 5.03 Å². The zero-order valence-electron chi connectivity index (χ0n) is 10.1. The van der Waals surface area contributed by atoms with Gasteiger partial charge in [-0.15, -0.1) is 0 Å². The molecule has 2 rings (SSSR count). The van der Waals surface area contributed by atoms with Gasteiger partial charge in [0.15, 0.2) is 0 Å². The Hall–Kier alpha value is -1.82. The van der Waals surface area contributed by atoms with Gasteiger partial charge in [-0.2, -0.15) is 0 Å². The Labute approximate surface area is 108 Å². The fourth-order valence-corrected chi connectivity index (χ4v) is 2.63. The quantitative estimate of drug-likeness (QED) is 0.844. The lowest BCUT2D eigenvalue weighted by molar-refractivity contribution is 0.691. The summed E-state index contributed by atoms with van der Waals surface area (Å²) >= 11 is 1.33. The molecule has 0 saturated heterocycles. The van der Waals surface area contributed by atoms with Crippen molar-refractivity contribution in [3.8, 4) is 0 Å². The molecule has 0 aliphatic carbocycles. The van der Waals surface area contributed by atoms with Crippen LogP contribution in [-0.4, -0.2) is 14.5 Å². The average molecular weight is 263 g/mol. The fraction of sp³-hybridized carbons (Fsp3) is 0.250. The molecule has 0 spiro atoms. The molecule has 94 valence electrons. The predicted octanol–water partition coefficient (Wildman–Crippen LogP) is 1.18. The van der Waals surface area contributed by atoms with Crippen molar-refractivity contribution in [3.63, 3.8) is 0 Å². The molecule has 2 aromatic heterocycles. The second-order valence-electron chi connectivity index (χ2n) is 3.73. The van der Waals surface area contributed by atoms with E-state index in [2.05, 4.69) is 9.97 Å². The maximum Gasteiger partial charge on any atom is 0.328 e. The zero-order chi connectivity index (χ0) is 13.1. The minimum Gasteiger partial charge on any atom is -0.291 e. The smallest absolute Gasteiger partial charge is 0.291 e. The SMILES string of the molecule is CCc1c(Sc2ccccn2)n(C)c(=O)[nH]c1=O. The van der Waals surface area contributed by atoms with E-state index in [0.29, 0.717) is 17.0 Å². The van der Waals surface area contributed by atoms with Crippen molar-refractivity contribution >= 4 is 11.8 Å². The molecule has 6 heteroatoms. The van der Waals surface area contributed by atoms with Crippen molar-refractivity contribution in [2.75, 3.05) is 0 Å². The number of hydrogen-bond acceptors (Lipinski definition) is 4. The fourth-order valence-electron chi connectivity index (χ4n) is 1.60. The summed E-state index contributed by atoms with van der Waals surface area (Å²) in [5.41, 5.74) is -0.123. The van der Waals surface area contributed by atoms with Crippen molar-refractivity contribution in [1.29, 1.82) is 0 Å². The van der Waals surface area contributed by atoms with Crippen LogP contribution in [0.5, 0.6) is 0 Å². The highest BCUT2D eigenvalue weighted by molar-refractivity contribution is 7.99. The molecule has 0 aromatic carbocycles. The van der Waals surface area contributed by atoms with Gasteiger partial charge in [0.25, 0.3) is 5.56 Å². The van der Waals surface area contributed by atoms with Gasteiger partial charge in [0.1, 0.15) is 5.03 Å². The third-order valence-electron chi connectivity index (χ3n) is 2.55. The Bertz CT molecular complexity index is 661. The van der Waals surface area contributed by atoms with Crippen molar-refractivity contribution in [3.05, 3.63) is 50.8 Å². The second-order valence-corrected chi connectivity index (χ2v) is 4.73. The van der Waals surface area contributed by atoms with Gasteiger partial charge in [-0.3, -0.25) is 14.3 Å². The van der Waals surface area contributed by atoms with Crippen LogP contribution in [0.2, 0.25) is 0 Å². The van der Waals surface area contributed by atoms with E-state index in [-0.39, 0.29) is 5.56 Å². The molecule has 0 atom stereocenters. The summed E-state index contributed by atoms with van der Waals surface area (Å²) in [4.78, 5) is 29.8. The van der Waals surface area contributed by atoms with Gasteiger partial charge in [0, 0.05) is 18.8 Å². The van der Waals surface area contributed by atoms with E-state index < -0.39 is 5.69 Å². The van der Waals surface area contributed by atoms with Crippen LogP contribution in [0.3, 0.4) is 0 Å². The number of pyridine rings is 1. The van der Waals surface area contributed by atoms with Gasteiger partial charge in [0.05, 0.1) is 5.03 Å². The van der Waals surface area contributed by atoms with Gasteiger partial charge in [0.2, 0.25) is 0 Å². The molecule has 0 amide bonds. The van der Waals surface area contributed by atoms with E-state index in [9.17, 15) is 9.59 Å². The molecule has 0 aliphatic heterocycles. The molecule has 0 aliphatic rings. The monoisotopic (exact) mass is 263 g/mol. The topological polar surface area (TPSA) is 67.8 Å². The summed E-state index contributed by atoms with van der Waals surface area (Å²) in [6.45, 7) is 1.89. The molecule has 0 radical (unpaired) electrons. The van der Waals surface area contributed by atoms with Crippen LogP contribution in [-0.2, 0) is 13.5 Å². The third-order valence-corrected chi connectivity index (χ3v) is 3.72. The highest BCUT2D eigenvalue weighted by atomic mass is 32.2. The van der Waals surface area contributed by atoms with E-state index in [4.69, 9.17) is 0 Å². The Morgan fingerprint density at radius 1 is 1.39 bits per heavy atom. The minimum absolute atomic E-state index is 0.320. The first-order valence-corrected chi connectivity index (χ1v) is 6.36. The third kappa shape index (κ3) is 2.38. The number of H-pyrrole nitrogens is 1. The summed E-state index contributed by atoms with van der Waals surface area (Å²) in [6, 6.07) is 5.53. The number of aromatic amines is 1. The highest BCUT2D eigenvalue weighted by Gasteiger charge is 2.12. The van der Waals surface area contributed by atoms with E-state index >= 15 is 0 Å². The molecule has 0 fully saturated rings. The van der Waals surface area contributed by atoms with Gasteiger partial charge < -0.3 is 0 Å². The predicted molar refractivity (Wildman–Crippen MR) is 70.0 cm³/mol. The second kappa shape index (κ2) is 5.22. The van der Waals surface area contributed by atoms with E-state index in [1.54, 1.807) is 13.2 Å². The summed E-state index contributed by atoms with van der Waals surface area (Å²) in [6.07, 6.45) is 2.25. The molecule has 0 saturated carbocycles. The first-order valence-electron chi connectivity index (χ1n) is 5.54. The first-order chi connectivity index (χ1) is 8.63. The zero-order valence-corrected chi connectivity index (χ0v) is 11.0. The van der Waals surface area contributed by atoms with Crippen LogP contribution >= 0.6 is 11.8 Å². The number of rotatable bonds is 3. The average Bonchev–Trinajstić information content (AvgIpc) is 2.37. The maximum atomic E-state index is 11.7. The van der Waals surface area contributed by atoms with E-state index in [1.165, 1.54) is 16.3 Å². The maximum absolute atomic E-state index is 11.7. The van der Waals surface area contributed by atoms with Crippen LogP contribution in [0.25, 0.3) is 0 Å². The summed E-state index contributed by atoms with van der Waals surface area (Å²) in [7, 11) is 1.64. The molecule has 1 N–H and O–H groups in total. The van der Waals surface area contributed by atoms with Gasteiger partial charge in [-0.1, -0.05) is 24.8 Å². The Morgan fingerprint density at radius 3 is 2.78 bits per heavy atom. The molecule has 2 heterocycles. The largest absolute Gasteiger partial charge is 0.328 e. The normalized spacial score (nSPS) is 10.6. The van der Waals surface area contributed by atoms with E-state index in [1.807, 2.05) is 25.1 Å². The molecule has 5 nitrogen and oxygen atoms in total. The number of nitrogens with one attached hydrogen (secondary N) is 1. The van der Waals surface area contributed by atoms with Crippen LogP contribution in [0, 0.1) is 0 Å². The Kier molecular flexibility index (Phi) is 3.66. The van der Waals surface area contributed by atoms with Crippen molar-refractivity contribution < 1.29 is 0 Å². The van der Waals surface area contributed by atoms with Crippen molar-refractivity contribution in [1.82, 2.24) is 14.5 Å². The lowest BCUT2D eigenvalue weighted by atomic mass is 10.3. The summed E-state index contributed by atoms with van der Waals surface area (Å²) in [5, 5.41) is 1.40. The summed E-state index contributed by atoms with van der Waals surface area (Å²) in [5.74, 6) is 0. The van der Waals surface area contributed by atoms with Gasteiger partial charge >= 0.3 is 5.69 Å². The Balaban J connectivity index is 2.56. The number of aromatic nitrogens is 3. The molecule has 0 unspecified atom stereocenters. The molecule has 18 heavy (non-hydrogen) atoms. The van der Waals surface area contributed by atoms with Gasteiger partial charge in [-0.25, -0.2) is 9.78 Å². The lowest BCUT2D eigenvalue weighted by Gasteiger charge is -2.10. The number of nitrogens with zero attached hydrogens (tertiary/aromatic N) is 2. The van der Waals surface area contributed by atoms with Crippen LogP contribution in [0.4, 0.5) is 0 Å². The minimum atomic E-state index is -0.407. The van der Waals surface area contributed by atoms with Crippen LogP contribution < -0.4 is 11.2 Å². The molecule has 0 bridgehead atoms. The Morgan fingerprint density at radius 2 is 2.17 bits per heavy atom. The van der Waals surface area contributed by atoms with Gasteiger partial charge in [-0.05, 0) is 18.6 Å². The standard InChI is InChI=1S/C12H13N3O2S/c1-3-8-10(16)14-12(17)15(2)11(8)18-9-6-4-5-7-13-9/h4-7H,3H2,1-2H3,(H,14,16,17). The lowest BCUT2D eigenvalue weighted by Crippen LogP contribution is -2.32. The van der Waals surface area contributed by atoms with Crippen molar-refractivity contribution in [2.45, 2.75) is 23.4 Å². The highest BCUT2D eigenvalue weighted by Crippen LogP contribution is 2.25. The first kappa shape index (κ1) is 12.6. The van der Waals surface area contributed by atoms with Crippen molar-refractivity contribution in [2.24, 2.45) is 7.05 Å². The van der Waals surface area contributed by atoms with Crippen LogP contribution in [0.1, 0.15) is 12.5 Å². The molecular formula is C12H13N3O2S. The molecule has 2 aromatic rings. The molecular weight excluding hydrogens is 250 g/mol. The summed E-state index contributed by atoms with van der Waals surface area (Å²) < 4.78 is 1.44. The number of hydrogen-bond donors (Lipinski definition) is 1. The van der Waals surface area contributed by atoms with Crippen LogP contribution in [0.15, 0.2) is 44.0 Å².